The SMILES string of the molecule is CCOC(=O)CN(C(=O)C1CCOCC1)c1ccc(C)cc1. The lowest BCUT2D eigenvalue weighted by molar-refractivity contribution is -0.142. The molecular weight excluding hydrogens is 282 g/mol. The zero-order valence-corrected chi connectivity index (χ0v) is 13.2. The first-order valence-electron chi connectivity index (χ1n) is 7.73. The van der Waals surface area contributed by atoms with Crippen molar-refractivity contribution >= 4 is 17.6 Å². The van der Waals surface area contributed by atoms with E-state index in [9.17, 15) is 9.59 Å². The van der Waals surface area contributed by atoms with Gasteiger partial charge in [0.1, 0.15) is 6.54 Å². The van der Waals surface area contributed by atoms with E-state index >= 15 is 0 Å². The number of rotatable bonds is 5. The van der Waals surface area contributed by atoms with Crippen molar-refractivity contribution in [2.45, 2.75) is 26.7 Å². The zero-order chi connectivity index (χ0) is 15.9. The van der Waals surface area contributed by atoms with Crippen LogP contribution < -0.4 is 4.90 Å². The van der Waals surface area contributed by atoms with Crippen LogP contribution in [0, 0.1) is 12.8 Å². The lowest BCUT2D eigenvalue weighted by Gasteiger charge is -2.29. The molecule has 0 aromatic heterocycles. The van der Waals surface area contributed by atoms with Gasteiger partial charge in [-0.3, -0.25) is 9.59 Å². The van der Waals surface area contributed by atoms with E-state index in [1.807, 2.05) is 31.2 Å². The highest BCUT2D eigenvalue weighted by Gasteiger charge is 2.28. The van der Waals surface area contributed by atoms with E-state index in [1.54, 1.807) is 6.92 Å². The summed E-state index contributed by atoms with van der Waals surface area (Å²) in [6.07, 6.45) is 1.40. The van der Waals surface area contributed by atoms with Crippen LogP contribution in [0.25, 0.3) is 0 Å². The Labute approximate surface area is 131 Å². The number of amides is 1. The first-order valence-corrected chi connectivity index (χ1v) is 7.73. The van der Waals surface area contributed by atoms with Gasteiger partial charge < -0.3 is 14.4 Å². The summed E-state index contributed by atoms with van der Waals surface area (Å²) in [5.41, 5.74) is 1.84. The Balaban J connectivity index is 2.17. The molecule has 22 heavy (non-hydrogen) atoms. The number of nitrogens with zero attached hydrogens (tertiary/aromatic N) is 1. The largest absolute Gasteiger partial charge is 0.465 e. The highest BCUT2D eigenvalue weighted by molar-refractivity contribution is 5.99. The standard InChI is InChI=1S/C17H23NO4/c1-3-22-16(19)12-18(15-6-4-13(2)5-7-15)17(20)14-8-10-21-11-9-14/h4-7,14H,3,8-12H2,1-2H3. The van der Waals surface area contributed by atoms with Crippen LogP contribution in [0.5, 0.6) is 0 Å². The van der Waals surface area contributed by atoms with Crippen LogP contribution in [0.4, 0.5) is 5.69 Å². The third-order valence-electron chi connectivity index (χ3n) is 3.77. The minimum absolute atomic E-state index is 0.0276. The molecule has 1 heterocycles. The lowest BCUT2D eigenvalue weighted by atomic mass is 9.98. The van der Waals surface area contributed by atoms with E-state index in [4.69, 9.17) is 9.47 Å². The summed E-state index contributed by atoms with van der Waals surface area (Å²) in [5, 5.41) is 0. The average molecular weight is 305 g/mol. The molecule has 0 bridgehead atoms. The second-order valence-corrected chi connectivity index (χ2v) is 5.45. The Bertz CT molecular complexity index is 506. The quantitative estimate of drug-likeness (QED) is 0.783. The molecule has 0 N–H and O–H groups in total. The molecule has 0 unspecified atom stereocenters. The smallest absolute Gasteiger partial charge is 0.326 e. The third-order valence-corrected chi connectivity index (χ3v) is 3.77. The molecular formula is C17H23NO4. The van der Waals surface area contributed by atoms with Crippen molar-refractivity contribution in [2.24, 2.45) is 5.92 Å². The molecule has 1 aliphatic heterocycles. The number of hydrogen-bond acceptors (Lipinski definition) is 4. The number of anilines is 1. The first-order chi connectivity index (χ1) is 10.6. The maximum atomic E-state index is 12.8. The second kappa shape index (κ2) is 7.94. The van der Waals surface area contributed by atoms with E-state index in [2.05, 4.69) is 0 Å². The first kappa shape index (κ1) is 16.5. The van der Waals surface area contributed by atoms with Crippen LogP contribution in [-0.2, 0) is 19.1 Å². The van der Waals surface area contributed by atoms with Crippen molar-refractivity contribution in [1.29, 1.82) is 0 Å². The number of esters is 1. The van der Waals surface area contributed by atoms with Gasteiger partial charge in [-0.25, -0.2) is 0 Å². The Hall–Kier alpha value is -1.88. The number of benzene rings is 1. The number of aryl methyl sites for hydroxylation is 1. The molecule has 5 nitrogen and oxygen atoms in total. The molecule has 1 aliphatic rings. The summed E-state index contributed by atoms with van der Waals surface area (Å²) >= 11 is 0. The van der Waals surface area contributed by atoms with Crippen molar-refractivity contribution in [1.82, 2.24) is 0 Å². The molecule has 1 aromatic rings. The van der Waals surface area contributed by atoms with Crippen molar-refractivity contribution < 1.29 is 19.1 Å². The van der Waals surface area contributed by atoms with Gasteiger partial charge in [0.25, 0.3) is 0 Å². The number of ether oxygens (including phenoxy) is 2. The summed E-state index contributed by atoms with van der Waals surface area (Å²) < 4.78 is 10.3. The highest BCUT2D eigenvalue weighted by Crippen LogP contribution is 2.23. The normalized spacial score (nSPS) is 15.4. The molecule has 1 saturated heterocycles. The summed E-state index contributed by atoms with van der Waals surface area (Å²) in [6.45, 7) is 5.20. The Morgan fingerprint density at radius 1 is 1.23 bits per heavy atom. The fourth-order valence-corrected chi connectivity index (χ4v) is 2.52. The molecule has 1 fully saturated rings. The third kappa shape index (κ3) is 4.31. The number of hydrogen-bond donors (Lipinski definition) is 0. The molecule has 0 spiro atoms. The lowest BCUT2D eigenvalue weighted by Crippen LogP contribution is -2.42. The Morgan fingerprint density at radius 2 is 1.86 bits per heavy atom. The van der Waals surface area contributed by atoms with Crippen LogP contribution in [0.3, 0.4) is 0 Å². The number of carbonyl (C=O) groups excluding carboxylic acids is 2. The fourth-order valence-electron chi connectivity index (χ4n) is 2.52. The molecule has 1 amide bonds. The van der Waals surface area contributed by atoms with Gasteiger partial charge in [-0.1, -0.05) is 17.7 Å². The van der Waals surface area contributed by atoms with Crippen molar-refractivity contribution in [3.8, 4) is 0 Å². The van der Waals surface area contributed by atoms with E-state index in [0.29, 0.717) is 32.7 Å². The van der Waals surface area contributed by atoms with Crippen molar-refractivity contribution in [2.75, 3.05) is 31.3 Å². The van der Waals surface area contributed by atoms with E-state index in [-0.39, 0.29) is 24.3 Å². The molecule has 1 aromatic carbocycles. The van der Waals surface area contributed by atoms with Gasteiger partial charge >= 0.3 is 5.97 Å². The highest BCUT2D eigenvalue weighted by atomic mass is 16.5. The topological polar surface area (TPSA) is 55.8 Å². The maximum absolute atomic E-state index is 12.8. The predicted molar refractivity (Wildman–Crippen MR) is 83.7 cm³/mol. The van der Waals surface area contributed by atoms with E-state index in [0.717, 1.165) is 11.3 Å². The van der Waals surface area contributed by atoms with Gasteiger partial charge in [0.2, 0.25) is 5.91 Å². The van der Waals surface area contributed by atoms with Crippen molar-refractivity contribution in [3.05, 3.63) is 29.8 Å². The van der Waals surface area contributed by atoms with E-state index in [1.165, 1.54) is 4.90 Å². The minimum atomic E-state index is -0.386. The van der Waals surface area contributed by atoms with Gasteiger partial charge in [0.05, 0.1) is 6.61 Å². The average Bonchev–Trinajstić information content (AvgIpc) is 2.54. The minimum Gasteiger partial charge on any atom is -0.465 e. The van der Waals surface area contributed by atoms with Crippen LogP contribution >= 0.6 is 0 Å². The Morgan fingerprint density at radius 3 is 2.45 bits per heavy atom. The summed E-state index contributed by atoms with van der Waals surface area (Å²) in [6, 6.07) is 7.60. The maximum Gasteiger partial charge on any atom is 0.326 e. The van der Waals surface area contributed by atoms with Gasteiger partial charge in [-0.05, 0) is 38.8 Å². The van der Waals surface area contributed by atoms with Crippen LogP contribution in [-0.4, -0.2) is 38.2 Å². The summed E-state index contributed by atoms with van der Waals surface area (Å²) in [7, 11) is 0. The van der Waals surface area contributed by atoms with Gasteiger partial charge in [0, 0.05) is 24.8 Å². The van der Waals surface area contributed by atoms with Crippen LogP contribution in [0.2, 0.25) is 0 Å². The molecule has 0 atom stereocenters. The van der Waals surface area contributed by atoms with Crippen molar-refractivity contribution in [3.63, 3.8) is 0 Å². The Kier molecular flexibility index (Phi) is 5.95. The van der Waals surface area contributed by atoms with Gasteiger partial charge in [0.15, 0.2) is 0 Å². The second-order valence-electron chi connectivity index (χ2n) is 5.45. The monoisotopic (exact) mass is 305 g/mol. The van der Waals surface area contributed by atoms with Gasteiger partial charge in [-0.2, -0.15) is 0 Å². The fraction of sp³-hybridized carbons (Fsp3) is 0.529. The molecule has 0 radical (unpaired) electrons. The molecule has 2 rings (SSSR count). The number of carbonyl (C=O) groups is 2. The van der Waals surface area contributed by atoms with Crippen LogP contribution in [0.1, 0.15) is 25.3 Å². The molecule has 5 heteroatoms. The molecule has 0 aliphatic carbocycles. The van der Waals surface area contributed by atoms with Gasteiger partial charge in [-0.15, -0.1) is 0 Å². The van der Waals surface area contributed by atoms with Crippen LogP contribution in [0.15, 0.2) is 24.3 Å². The summed E-state index contributed by atoms with van der Waals surface area (Å²) in [4.78, 5) is 26.2. The molecule has 120 valence electrons. The summed E-state index contributed by atoms with van der Waals surface area (Å²) in [5.74, 6) is -0.506. The zero-order valence-electron chi connectivity index (χ0n) is 13.2. The molecule has 0 saturated carbocycles. The van der Waals surface area contributed by atoms with E-state index < -0.39 is 0 Å². The predicted octanol–water partition coefficient (Wildman–Crippen LogP) is 2.32.